The van der Waals surface area contributed by atoms with E-state index in [1.54, 1.807) is 0 Å². The molecule has 0 radical (unpaired) electrons. The quantitative estimate of drug-likeness (QED) is 0.453. The molecule has 0 spiro atoms. The number of hydrogen-bond donors (Lipinski definition) is 0. The van der Waals surface area contributed by atoms with Crippen LogP contribution in [0.15, 0.2) is 24.3 Å². The van der Waals surface area contributed by atoms with Crippen LogP contribution in [0.25, 0.3) is 17.2 Å². The maximum atomic E-state index is 11.8. The molecular weight excluding hydrogens is 446 g/mol. The second kappa shape index (κ2) is 17.8. The van der Waals surface area contributed by atoms with Gasteiger partial charge in [0.05, 0.1) is 0 Å². The maximum Gasteiger partial charge on any atom is 4.00 e. The van der Waals surface area contributed by atoms with Crippen LogP contribution in [0.2, 0.25) is 0 Å². The zero-order valence-corrected chi connectivity index (χ0v) is 15.1. The minimum Gasteiger partial charge on any atom is 4.00 e. The van der Waals surface area contributed by atoms with Gasteiger partial charge in [0.25, 0.3) is 0 Å². The van der Waals surface area contributed by atoms with Crippen molar-refractivity contribution >= 4 is 19.1 Å². The van der Waals surface area contributed by atoms with Crippen LogP contribution < -0.4 is 4.40 Å². The molecule has 16 heavy (non-hydrogen) atoms. The van der Waals surface area contributed by atoms with Gasteiger partial charge >= 0.3 is 79.7 Å². The van der Waals surface area contributed by atoms with E-state index in [1.807, 2.05) is 0 Å². The van der Waals surface area contributed by atoms with E-state index in [-0.39, 0.29) is 25.8 Å². The molecule has 0 saturated carbocycles. The Kier molecular flexibility index (Phi) is 28.2. The fourth-order valence-electron chi connectivity index (χ4n) is 0.563. The van der Waals surface area contributed by atoms with Crippen LogP contribution in [0.4, 0.5) is 10.5 Å². The van der Waals surface area contributed by atoms with Gasteiger partial charge in [0.15, 0.2) is 0 Å². The standard InChI is InChI=1S/C5H4F3Ge.3CH4N.Hf/c6-9(7,8)5-3-1-2-4-5;3*1-2;/h1-4H;3*2H,1H3;/q4*-1;+4. The predicted molar refractivity (Wildman–Crippen MR) is 61.5 cm³/mol. The molecule has 0 bridgehead atoms. The second-order valence-electron chi connectivity index (χ2n) is 1.67. The summed E-state index contributed by atoms with van der Waals surface area (Å²) in [6.07, 6.45) is 0. The summed E-state index contributed by atoms with van der Waals surface area (Å²) in [5, 5.41) is 0. The molecule has 0 saturated heterocycles. The molecule has 0 aliphatic rings. The fourth-order valence-corrected chi connectivity index (χ4v) is 1.76. The van der Waals surface area contributed by atoms with Crippen molar-refractivity contribution in [2.75, 3.05) is 21.1 Å². The Hall–Kier alpha value is 0.433. The summed E-state index contributed by atoms with van der Waals surface area (Å²) in [5.74, 6) is 0. The van der Waals surface area contributed by atoms with E-state index >= 15 is 0 Å². The minimum absolute atomic E-state index is 0. The third kappa shape index (κ3) is 14.4. The van der Waals surface area contributed by atoms with E-state index in [4.69, 9.17) is 17.2 Å². The minimum atomic E-state index is -5.94. The Morgan fingerprint density at radius 2 is 1.06 bits per heavy atom. The van der Waals surface area contributed by atoms with Gasteiger partial charge in [-0.25, -0.2) is 0 Å². The molecule has 3 nitrogen and oxygen atoms in total. The summed E-state index contributed by atoms with van der Waals surface area (Å²) in [6, 6.07) is 5.07. The van der Waals surface area contributed by atoms with Crippen LogP contribution in [0.5, 0.6) is 0 Å². The van der Waals surface area contributed by atoms with Crippen molar-refractivity contribution in [3.8, 4) is 0 Å². The molecule has 0 aliphatic carbocycles. The van der Waals surface area contributed by atoms with Crippen LogP contribution in [-0.4, -0.2) is 35.8 Å². The molecule has 0 fully saturated rings. The first kappa shape index (κ1) is 25.3. The summed E-state index contributed by atoms with van der Waals surface area (Å²) >= 11 is -5.94. The van der Waals surface area contributed by atoms with Crippen molar-refractivity contribution in [3.05, 3.63) is 41.5 Å². The fraction of sp³-hybridized carbons (Fsp3) is 0.375. The molecule has 0 amide bonds. The second-order valence-corrected chi connectivity index (χ2v) is 4.97. The van der Waals surface area contributed by atoms with Gasteiger partial charge in [-0.15, -0.1) is 0 Å². The largest absolute Gasteiger partial charge is 4.00 e. The molecule has 1 aromatic carbocycles. The molecule has 1 aromatic rings. The molecule has 1 rings (SSSR count). The average Bonchev–Trinajstić information content (AvgIpc) is 2.79. The smallest absolute Gasteiger partial charge is 4.00 e. The molecule has 92 valence electrons. The maximum absolute atomic E-state index is 11.8. The van der Waals surface area contributed by atoms with Crippen LogP contribution >= 0.6 is 0 Å². The van der Waals surface area contributed by atoms with Crippen molar-refractivity contribution in [1.82, 2.24) is 0 Å². The van der Waals surface area contributed by atoms with Gasteiger partial charge in [-0.2, -0.15) is 21.1 Å². The number of nitrogens with one attached hydrogen (secondary N) is 3. The Morgan fingerprint density at radius 1 is 0.812 bits per heavy atom. The Balaban J connectivity index is -0.0000000900. The van der Waals surface area contributed by atoms with E-state index in [2.05, 4.69) is 0 Å². The molecule has 0 atom stereocenters. The van der Waals surface area contributed by atoms with Gasteiger partial charge in [-0.1, -0.05) is 0 Å². The van der Waals surface area contributed by atoms with Crippen LogP contribution in [-0.2, 0) is 25.8 Å². The van der Waals surface area contributed by atoms with Crippen molar-refractivity contribution in [2.24, 2.45) is 0 Å². The van der Waals surface area contributed by atoms with Crippen molar-refractivity contribution in [3.63, 3.8) is 0 Å². The van der Waals surface area contributed by atoms with Gasteiger partial charge in [-0.05, 0) is 0 Å². The average molecular weight is 462 g/mol. The first-order chi connectivity index (χ1) is 7.11. The summed E-state index contributed by atoms with van der Waals surface area (Å²) in [4.78, 5) is 0. The Bertz CT molecular complexity index is 193. The number of rotatable bonds is 1. The molecule has 3 N–H and O–H groups in total. The van der Waals surface area contributed by atoms with Gasteiger partial charge < -0.3 is 17.2 Å². The molecule has 0 aromatic heterocycles. The van der Waals surface area contributed by atoms with Crippen LogP contribution in [0, 0.1) is 0 Å². The SMILES string of the molecule is C[NH-].C[NH-].C[NH-].[F][Ge]([F])([F])[c-]1cccc1.[Hf+4]. The first-order valence-electron chi connectivity index (χ1n) is 3.89. The van der Waals surface area contributed by atoms with Gasteiger partial charge in [0.2, 0.25) is 0 Å². The van der Waals surface area contributed by atoms with E-state index < -0.39 is 19.1 Å². The van der Waals surface area contributed by atoms with Gasteiger partial charge in [0.1, 0.15) is 0 Å². The topological polar surface area (TPSA) is 71.4 Å². The van der Waals surface area contributed by atoms with Crippen LogP contribution in [0.3, 0.4) is 0 Å². The van der Waals surface area contributed by atoms with E-state index in [1.165, 1.54) is 33.3 Å². The third-order valence-electron chi connectivity index (χ3n) is 0.990. The Morgan fingerprint density at radius 3 is 1.19 bits per heavy atom. The molecule has 0 aliphatic heterocycles. The van der Waals surface area contributed by atoms with Crippen LogP contribution in [0.1, 0.15) is 0 Å². The Labute approximate surface area is 118 Å². The van der Waals surface area contributed by atoms with Crippen molar-refractivity contribution in [2.45, 2.75) is 0 Å². The number of halogens is 3. The normalized spacial score (nSPS) is 7.81. The van der Waals surface area contributed by atoms with Crippen molar-refractivity contribution in [1.29, 1.82) is 0 Å². The zero-order chi connectivity index (χ0) is 12.9. The summed E-state index contributed by atoms with van der Waals surface area (Å²) in [5.41, 5.74) is 17.2. The third-order valence-corrected chi connectivity index (χ3v) is 3.06. The molecule has 8 heteroatoms. The molecular formula is C8H16F3GeHfN3. The van der Waals surface area contributed by atoms with E-state index in [0.717, 1.165) is 12.1 Å². The van der Waals surface area contributed by atoms with E-state index in [9.17, 15) is 10.5 Å². The number of hydrogen-bond acceptors (Lipinski definition) is 0. The van der Waals surface area contributed by atoms with E-state index in [0.29, 0.717) is 0 Å². The molecule has 0 unspecified atom stereocenters. The van der Waals surface area contributed by atoms with Gasteiger partial charge in [-0.3, -0.25) is 0 Å². The van der Waals surface area contributed by atoms with Gasteiger partial charge in [0, 0.05) is 0 Å². The monoisotopic (exact) mass is 465 g/mol. The zero-order valence-electron chi connectivity index (χ0n) is 9.44. The molecule has 0 heterocycles. The first-order valence-corrected chi connectivity index (χ1v) is 7.32. The summed E-state index contributed by atoms with van der Waals surface area (Å²) in [7, 11) is 3.75. The predicted octanol–water partition coefficient (Wildman–Crippen LogP) is 3.46. The summed E-state index contributed by atoms with van der Waals surface area (Å²) < 4.78 is 35.0. The summed E-state index contributed by atoms with van der Waals surface area (Å²) in [6.45, 7) is 0. The van der Waals surface area contributed by atoms with Crippen molar-refractivity contribution < 1.29 is 36.3 Å².